The highest BCUT2D eigenvalue weighted by molar-refractivity contribution is 5.27. The zero-order valence-corrected chi connectivity index (χ0v) is 10.4. The van der Waals surface area contributed by atoms with E-state index >= 15 is 0 Å². The molecule has 90 valence electrons. The van der Waals surface area contributed by atoms with Crippen LogP contribution in [0.2, 0.25) is 0 Å². The van der Waals surface area contributed by atoms with E-state index in [2.05, 4.69) is 35.3 Å². The summed E-state index contributed by atoms with van der Waals surface area (Å²) in [6.45, 7) is 8.99. The van der Waals surface area contributed by atoms with Crippen LogP contribution >= 0.6 is 0 Å². The summed E-state index contributed by atoms with van der Waals surface area (Å²) < 4.78 is 2.07. The predicted molar refractivity (Wildman–Crippen MR) is 69.7 cm³/mol. The van der Waals surface area contributed by atoms with Crippen molar-refractivity contribution < 1.29 is 0 Å². The number of imidazole rings is 1. The Morgan fingerprint density at radius 3 is 3.06 bits per heavy atom. The second kappa shape index (κ2) is 7.09. The second-order valence-corrected chi connectivity index (χ2v) is 4.23. The third-order valence-electron chi connectivity index (χ3n) is 2.66. The molecule has 0 saturated heterocycles. The van der Waals surface area contributed by atoms with Crippen molar-refractivity contribution in [2.75, 3.05) is 5.32 Å². The van der Waals surface area contributed by atoms with Gasteiger partial charge in [0.15, 0.2) is 0 Å². The molecule has 0 aromatic carbocycles. The van der Waals surface area contributed by atoms with E-state index in [1.807, 2.05) is 18.5 Å². The molecule has 0 fully saturated rings. The average Bonchev–Trinajstić information content (AvgIpc) is 2.67. The van der Waals surface area contributed by atoms with Gasteiger partial charge in [-0.15, -0.1) is 6.58 Å². The Kier molecular flexibility index (Phi) is 5.68. The summed E-state index contributed by atoms with van der Waals surface area (Å²) in [5.74, 6) is 0.948. The molecule has 0 amide bonds. The van der Waals surface area contributed by atoms with Gasteiger partial charge in [-0.3, -0.25) is 0 Å². The molecule has 0 aliphatic heterocycles. The normalized spacial score (nSPS) is 12.4. The largest absolute Gasteiger partial charge is 0.353 e. The molecular weight excluding hydrogens is 198 g/mol. The molecule has 0 aliphatic rings. The van der Waals surface area contributed by atoms with E-state index in [4.69, 9.17) is 0 Å². The molecule has 1 atom stereocenters. The summed E-state index contributed by atoms with van der Waals surface area (Å²) in [6.07, 6.45) is 10.8. The van der Waals surface area contributed by atoms with Gasteiger partial charge in [-0.05, 0) is 13.3 Å². The van der Waals surface area contributed by atoms with E-state index < -0.39 is 0 Å². The summed E-state index contributed by atoms with van der Waals surface area (Å²) >= 11 is 0. The predicted octanol–water partition coefficient (Wildman–Crippen LogP) is 3.45. The summed E-state index contributed by atoms with van der Waals surface area (Å²) in [7, 11) is 0. The highest BCUT2D eigenvalue weighted by atomic mass is 15.2. The number of nitrogens with one attached hydrogen (secondary N) is 1. The average molecular weight is 221 g/mol. The maximum absolute atomic E-state index is 4.31. The molecule has 1 unspecified atom stereocenters. The van der Waals surface area contributed by atoms with Crippen molar-refractivity contribution in [3.05, 3.63) is 25.0 Å². The first-order chi connectivity index (χ1) is 7.77. The Labute approximate surface area is 98.6 Å². The van der Waals surface area contributed by atoms with Gasteiger partial charge in [0.05, 0.1) is 0 Å². The van der Waals surface area contributed by atoms with Crippen LogP contribution < -0.4 is 5.32 Å². The Bertz CT molecular complexity index is 304. The first-order valence-corrected chi connectivity index (χ1v) is 6.16. The quantitative estimate of drug-likeness (QED) is 0.538. The van der Waals surface area contributed by atoms with Gasteiger partial charge in [0.2, 0.25) is 5.95 Å². The van der Waals surface area contributed by atoms with Crippen LogP contribution in [0.15, 0.2) is 25.0 Å². The number of hydrogen-bond donors (Lipinski definition) is 1. The highest BCUT2D eigenvalue weighted by Gasteiger charge is 2.05. The number of nitrogens with zero attached hydrogens (tertiary/aromatic N) is 2. The summed E-state index contributed by atoms with van der Waals surface area (Å²) in [5.41, 5.74) is 0. The van der Waals surface area contributed by atoms with E-state index in [9.17, 15) is 0 Å². The van der Waals surface area contributed by atoms with Crippen molar-refractivity contribution in [3.63, 3.8) is 0 Å². The lowest BCUT2D eigenvalue weighted by Gasteiger charge is -2.15. The van der Waals surface area contributed by atoms with Gasteiger partial charge in [-0.2, -0.15) is 0 Å². The molecule has 0 saturated carbocycles. The van der Waals surface area contributed by atoms with Crippen LogP contribution in [0.4, 0.5) is 5.95 Å². The van der Waals surface area contributed by atoms with Crippen molar-refractivity contribution >= 4 is 5.95 Å². The van der Waals surface area contributed by atoms with E-state index in [0.717, 1.165) is 12.5 Å². The monoisotopic (exact) mass is 221 g/mol. The Hall–Kier alpha value is -1.25. The lowest BCUT2D eigenvalue weighted by molar-refractivity contribution is 0.608. The molecule has 1 rings (SSSR count). The zero-order valence-electron chi connectivity index (χ0n) is 10.4. The maximum atomic E-state index is 4.31. The van der Waals surface area contributed by atoms with Crippen LogP contribution in [0.25, 0.3) is 0 Å². The molecule has 0 spiro atoms. The minimum absolute atomic E-state index is 0.484. The Morgan fingerprint density at radius 2 is 2.38 bits per heavy atom. The molecule has 3 nitrogen and oxygen atoms in total. The van der Waals surface area contributed by atoms with Crippen LogP contribution in [0.3, 0.4) is 0 Å². The van der Waals surface area contributed by atoms with Gasteiger partial charge in [-0.1, -0.05) is 32.3 Å². The van der Waals surface area contributed by atoms with Crippen LogP contribution in [0, 0.1) is 0 Å². The number of anilines is 1. The molecule has 0 bridgehead atoms. The molecule has 0 aliphatic carbocycles. The SMILES string of the molecule is C=CCn1ccnc1NC(C)CCCCC. The molecule has 16 heavy (non-hydrogen) atoms. The number of rotatable bonds is 8. The number of unbranched alkanes of at least 4 members (excludes halogenated alkanes) is 2. The number of aromatic nitrogens is 2. The van der Waals surface area contributed by atoms with Crippen LogP contribution in [-0.4, -0.2) is 15.6 Å². The van der Waals surface area contributed by atoms with Crippen molar-refractivity contribution in [2.45, 2.75) is 52.1 Å². The van der Waals surface area contributed by atoms with Gasteiger partial charge in [-0.25, -0.2) is 4.98 Å². The fourth-order valence-corrected chi connectivity index (χ4v) is 1.73. The van der Waals surface area contributed by atoms with Gasteiger partial charge in [0, 0.05) is 25.0 Å². The second-order valence-electron chi connectivity index (χ2n) is 4.23. The van der Waals surface area contributed by atoms with Crippen LogP contribution in [0.1, 0.15) is 39.5 Å². The standard InChI is InChI=1S/C13H23N3/c1-4-6-7-8-12(3)15-13-14-9-11-16(13)10-5-2/h5,9,11-12H,2,4,6-8,10H2,1,3H3,(H,14,15). The fraction of sp³-hybridized carbons (Fsp3) is 0.615. The number of hydrogen-bond acceptors (Lipinski definition) is 2. The maximum Gasteiger partial charge on any atom is 0.203 e. The van der Waals surface area contributed by atoms with Crippen LogP contribution in [-0.2, 0) is 6.54 Å². The molecule has 1 aromatic heterocycles. The molecule has 3 heteroatoms. The third-order valence-corrected chi connectivity index (χ3v) is 2.66. The van der Waals surface area contributed by atoms with Gasteiger partial charge >= 0.3 is 0 Å². The molecular formula is C13H23N3. The summed E-state index contributed by atoms with van der Waals surface area (Å²) in [6, 6.07) is 0.484. The smallest absolute Gasteiger partial charge is 0.203 e. The topological polar surface area (TPSA) is 29.9 Å². The van der Waals surface area contributed by atoms with E-state index in [-0.39, 0.29) is 0 Å². The zero-order chi connectivity index (χ0) is 11.8. The van der Waals surface area contributed by atoms with E-state index in [1.165, 1.54) is 25.7 Å². The van der Waals surface area contributed by atoms with Crippen molar-refractivity contribution in [2.24, 2.45) is 0 Å². The Morgan fingerprint density at radius 1 is 1.56 bits per heavy atom. The fourth-order valence-electron chi connectivity index (χ4n) is 1.73. The van der Waals surface area contributed by atoms with Gasteiger partial charge in [0.1, 0.15) is 0 Å². The first kappa shape index (κ1) is 12.8. The molecule has 1 aromatic rings. The lowest BCUT2D eigenvalue weighted by atomic mass is 10.1. The number of allylic oxidation sites excluding steroid dienone is 1. The van der Waals surface area contributed by atoms with Gasteiger partial charge in [0.25, 0.3) is 0 Å². The van der Waals surface area contributed by atoms with Crippen LogP contribution in [0.5, 0.6) is 0 Å². The molecule has 1 N–H and O–H groups in total. The first-order valence-electron chi connectivity index (χ1n) is 6.16. The molecule has 0 radical (unpaired) electrons. The third kappa shape index (κ3) is 4.09. The lowest BCUT2D eigenvalue weighted by Crippen LogP contribution is -2.18. The van der Waals surface area contributed by atoms with E-state index in [0.29, 0.717) is 6.04 Å². The van der Waals surface area contributed by atoms with Crippen molar-refractivity contribution in [3.8, 4) is 0 Å². The van der Waals surface area contributed by atoms with Crippen molar-refractivity contribution in [1.82, 2.24) is 9.55 Å². The summed E-state index contributed by atoms with van der Waals surface area (Å²) in [4.78, 5) is 4.31. The minimum atomic E-state index is 0.484. The summed E-state index contributed by atoms with van der Waals surface area (Å²) in [5, 5.41) is 3.44. The Balaban J connectivity index is 2.39. The van der Waals surface area contributed by atoms with Crippen molar-refractivity contribution in [1.29, 1.82) is 0 Å². The van der Waals surface area contributed by atoms with E-state index in [1.54, 1.807) is 0 Å². The minimum Gasteiger partial charge on any atom is -0.353 e. The van der Waals surface area contributed by atoms with Gasteiger partial charge < -0.3 is 9.88 Å². The highest BCUT2D eigenvalue weighted by Crippen LogP contribution is 2.10. The molecule has 1 heterocycles.